The number of benzene rings is 1. The predicted molar refractivity (Wildman–Crippen MR) is 78.3 cm³/mol. The normalized spacial score (nSPS) is 13.1. The molecule has 1 aromatic rings. The maximum Gasteiger partial charge on any atom is 0.329 e. The summed E-state index contributed by atoms with van der Waals surface area (Å²) in [5.41, 5.74) is -0.981. The van der Waals surface area contributed by atoms with Crippen LogP contribution in [0.4, 0.5) is 0 Å². The van der Waals surface area contributed by atoms with Gasteiger partial charge in [0.1, 0.15) is 5.54 Å². The molecule has 0 bridgehead atoms. The van der Waals surface area contributed by atoms with E-state index in [4.69, 9.17) is 16.7 Å². The first-order valence-electron chi connectivity index (χ1n) is 6.36. The Bertz CT molecular complexity index is 544. The topological polar surface area (TPSA) is 95.5 Å². The van der Waals surface area contributed by atoms with E-state index in [9.17, 15) is 14.4 Å². The SMILES string of the molecule is CCC(C)(NC(=O)CNC(=O)c1ccc(Cl)cc1)C(=O)O. The van der Waals surface area contributed by atoms with Crippen LogP contribution in [-0.2, 0) is 9.59 Å². The largest absolute Gasteiger partial charge is 0.480 e. The van der Waals surface area contributed by atoms with E-state index in [1.54, 1.807) is 19.1 Å². The van der Waals surface area contributed by atoms with Gasteiger partial charge in [-0.05, 0) is 37.6 Å². The fraction of sp³-hybridized carbons (Fsp3) is 0.357. The highest BCUT2D eigenvalue weighted by Gasteiger charge is 2.32. The Hall–Kier alpha value is -2.08. The molecule has 0 aliphatic heterocycles. The number of carbonyl (C=O) groups excluding carboxylic acids is 2. The Morgan fingerprint density at radius 1 is 1.24 bits per heavy atom. The molecule has 0 aliphatic rings. The van der Waals surface area contributed by atoms with E-state index in [-0.39, 0.29) is 13.0 Å². The second kappa shape index (κ2) is 7.08. The second-order valence-corrected chi connectivity index (χ2v) is 5.16. The van der Waals surface area contributed by atoms with Crippen LogP contribution in [0.5, 0.6) is 0 Å². The number of carboxylic acid groups (broad SMARTS) is 1. The monoisotopic (exact) mass is 312 g/mol. The Morgan fingerprint density at radius 3 is 2.29 bits per heavy atom. The standard InChI is InChI=1S/C14H17ClN2O4/c1-3-14(2,13(20)21)17-11(18)8-16-12(19)9-4-6-10(15)7-5-9/h4-7H,3,8H2,1-2H3,(H,16,19)(H,17,18)(H,20,21). The Labute approximate surface area is 127 Å². The van der Waals surface area contributed by atoms with Crippen LogP contribution in [0.2, 0.25) is 5.02 Å². The van der Waals surface area contributed by atoms with Crippen molar-refractivity contribution in [3.63, 3.8) is 0 Å². The molecular weight excluding hydrogens is 296 g/mol. The summed E-state index contributed by atoms with van der Waals surface area (Å²) in [7, 11) is 0. The molecule has 0 radical (unpaired) electrons. The molecule has 0 heterocycles. The lowest BCUT2D eigenvalue weighted by atomic mass is 9.99. The zero-order valence-corrected chi connectivity index (χ0v) is 12.5. The molecule has 1 aromatic carbocycles. The number of carbonyl (C=O) groups is 3. The van der Waals surface area contributed by atoms with E-state index < -0.39 is 23.3 Å². The minimum atomic E-state index is -1.35. The summed E-state index contributed by atoms with van der Waals surface area (Å²) in [4.78, 5) is 34.5. The van der Waals surface area contributed by atoms with Gasteiger partial charge in [0.05, 0.1) is 6.54 Å². The molecule has 114 valence electrons. The highest BCUT2D eigenvalue weighted by Crippen LogP contribution is 2.10. The molecule has 7 heteroatoms. The quantitative estimate of drug-likeness (QED) is 0.740. The van der Waals surface area contributed by atoms with Gasteiger partial charge in [0.2, 0.25) is 5.91 Å². The fourth-order valence-corrected chi connectivity index (χ4v) is 1.63. The molecule has 0 aromatic heterocycles. The van der Waals surface area contributed by atoms with Crippen molar-refractivity contribution < 1.29 is 19.5 Å². The number of nitrogens with one attached hydrogen (secondary N) is 2. The van der Waals surface area contributed by atoms with E-state index in [0.717, 1.165) is 0 Å². The van der Waals surface area contributed by atoms with Gasteiger partial charge in [-0.2, -0.15) is 0 Å². The van der Waals surface area contributed by atoms with Crippen molar-refractivity contribution in [2.24, 2.45) is 0 Å². The number of amides is 2. The number of hydrogen-bond donors (Lipinski definition) is 3. The number of hydrogen-bond acceptors (Lipinski definition) is 3. The van der Waals surface area contributed by atoms with Crippen LogP contribution in [0.1, 0.15) is 30.6 Å². The summed E-state index contributed by atoms with van der Waals surface area (Å²) >= 11 is 5.71. The Morgan fingerprint density at radius 2 is 1.81 bits per heavy atom. The number of rotatable bonds is 6. The lowest BCUT2D eigenvalue weighted by Crippen LogP contribution is -2.54. The van der Waals surface area contributed by atoms with Crippen molar-refractivity contribution in [2.45, 2.75) is 25.8 Å². The maximum absolute atomic E-state index is 11.8. The minimum absolute atomic E-state index is 0.235. The number of aliphatic carboxylic acids is 1. The average molecular weight is 313 g/mol. The zero-order valence-electron chi connectivity index (χ0n) is 11.8. The highest BCUT2D eigenvalue weighted by atomic mass is 35.5. The van der Waals surface area contributed by atoms with Crippen LogP contribution in [0.3, 0.4) is 0 Å². The van der Waals surface area contributed by atoms with Crippen LogP contribution in [0.15, 0.2) is 24.3 Å². The van der Waals surface area contributed by atoms with Gasteiger partial charge in [0.15, 0.2) is 0 Å². The summed E-state index contributed by atoms with van der Waals surface area (Å²) in [6.07, 6.45) is 0.235. The summed E-state index contributed by atoms with van der Waals surface area (Å²) in [6.45, 7) is 2.76. The molecule has 21 heavy (non-hydrogen) atoms. The molecule has 6 nitrogen and oxygen atoms in total. The third-order valence-electron chi connectivity index (χ3n) is 3.11. The van der Waals surface area contributed by atoms with Gasteiger partial charge >= 0.3 is 5.97 Å². The highest BCUT2D eigenvalue weighted by molar-refractivity contribution is 6.30. The smallest absolute Gasteiger partial charge is 0.329 e. The number of carboxylic acids is 1. The molecule has 0 saturated heterocycles. The van der Waals surface area contributed by atoms with E-state index >= 15 is 0 Å². The third-order valence-corrected chi connectivity index (χ3v) is 3.36. The molecule has 0 spiro atoms. The molecule has 2 amide bonds. The van der Waals surface area contributed by atoms with Gasteiger partial charge in [0, 0.05) is 10.6 Å². The first-order chi connectivity index (χ1) is 9.78. The summed E-state index contributed by atoms with van der Waals surface area (Å²) in [6, 6.07) is 6.19. The maximum atomic E-state index is 11.8. The Balaban J connectivity index is 2.55. The van der Waals surface area contributed by atoms with Gasteiger partial charge in [-0.15, -0.1) is 0 Å². The van der Waals surface area contributed by atoms with Crippen LogP contribution in [0.25, 0.3) is 0 Å². The van der Waals surface area contributed by atoms with E-state index in [1.165, 1.54) is 19.1 Å². The molecule has 0 fully saturated rings. The molecule has 1 rings (SSSR count). The van der Waals surface area contributed by atoms with E-state index in [0.29, 0.717) is 10.6 Å². The van der Waals surface area contributed by atoms with Gasteiger partial charge < -0.3 is 15.7 Å². The molecule has 0 aliphatic carbocycles. The van der Waals surface area contributed by atoms with Gasteiger partial charge in [-0.25, -0.2) is 4.79 Å². The average Bonchev–Trinajstić information content (AvgIpc) is 2.45. The summed E-state index contributed by atoms with van der Waals surface area (Å²) in [5, 5.41) is 14.4. The van der Waals surface area contributed by atoms with Crippen molar-refractivity contribution in [3.05, 3.63) is 34.9 Å². The first kappa shape index (κ1) is 17.0. The molecule has 1 unspecified atom stereocenters. The van der Waals surface area contributed by atoms with Gasteiger partial charge in [-0.1, -0.05) is 18.5 Å². The van der Waals surface area contributed by atoms with Crippen LogP contribution in [0, 0.1) is 0 Å². The third kappa shape index (κ3) is 4.75. The Kier molecular flexibility index (Phi) is 5.72. The van der Waals surface area contributed by atoms with Crippen molar-refractivity contribution in [1.29, 1.82) is 0 Å². The zero-order chi connectivity index (χ0) is 16.0. The van der Waals surface area contributed by atoms with Gasteiger partial charge in [-0.3, -0.25) is 9.59 Å². The van der Waals surface area contributed by atoms with E-state index in [2.05, 4.69) is 10.6 Å². The fourth-order valence-electron chi connectivity index (χ4n) is 1.51. The van der Waals surface area contributed by atoms with E-state index in [1.807, 2.05) is 0 Å². The second-order valence-electron chi connectivity index (χ2n) is 4.73. The van der Waals surface area contributed by atoms with Crippen molar-refractivity contribution in [1.82, 2.24) is 10.6 Å². The lowest BCUT2D eigenvalue weighted by Gasteiger charge is -2.24. The number of halogens is 1. The van der Waals surface area contributed by atoms with Gasteiger partial charge in [0.25, 0.3) is 5.91 Å². The molecule has 1 atom stereocenters. The van der Waals surface area contributed by atoms with Crippen molar-refractivity contribution in [2.75, 3.05) is 6.54 Å². The molecule has 0 saturated carbocycles. The lowest BCUT2D eigenvalue weighted by molar-refractivity contribution is -0.146. The summed E-state index contributed by atoms with van der Waals surface area (Å²) in [5.74, 6) is -2.12. The molecule has 3 N–H and O–H groups in total. The summed E-state index contributed by atoms with van der Waals surface area (Å²) < 4.78 is 0. The van der Waals surface area contributed by atoms with Crippen molar-refractivity contribution >= 4 is 29.4 Å². The minimum Gasteiger partial charge on any atom is -0.480 e. The predicted octanol–water partition coefficient (Wildman–Crippen LogP) is 1.44. The first-order valence-corrected chi connectivity index (χ1v) is 6.74. The van der Waals surface area contributed by atoms with Crippen LogP contribution in [-0.4, -0.2) is 35.0 Å². The van der Waals surface area contributed by atoms with Crippen LogP contribution >= 0.6 is 11.6 Å². The van der Waals surface area contributed by atoms with Crippen molar-refractivity contribution in [3.8, 4) is 0 Å². The molecular formula is C14H17ClN2O4. The van der Waals surface area contributed by atoms with Crippen LogP contribution < -0.4 is 10.6 Å².